The standard InChI is InChI=1S/C13H14N2O/c16-13-14-8-9-15(13)12-7-3-5-10-4-1-2-6-11(10)12/h3,5,7-9H,1-2,4,6H2,(H,14,16). The molecule has 16 heavy (non-hydrogen) atoms. The first-order valence-corrected chi connectivity index (χ1v) is 5.73. The second kappa shape index (κ2) is 3.67. The Morgan fingerprint density at radius 1 is 1.19 bits per heavy atom. The van der Waals surface area contributed by atoms with Gasteiger partial charge in [0.05, 0.1) is 5.69 Å². The van der Waals surface area contributed by atoms with Gasteiger partial charge in [-0.15, -0.1) is 0 Å². The van der Waals surface area contributed by atoms with Crippen molar-refractivity contribution in [3.8, 4) is 5.69 Å². The van der Waals surface area contributed by atoms with Gasteiger partial charge in [-0.2, -0.15) is 0 Å². The number of rotatable bonds is 1. The molecule has 2 aromatic rings. The largest absolute Gasteiger partial charge is 0.330 e. The Morgan fingerprint density at radius 2 is 2.06 bits per heavy atom. The van der Waals surface area contributed by atoms with Gasteiger partial charge in [0, 0.05) is 12.4 Å². The van der Waals surface area contributed by atoms with Crippen molar-refractivity contribution >= 4 is 0 Å². The van der Waals surface area contributed by atoms with Crippen molar-refractivity contribution in [1.82, 2.24) is 9.55 Å². The van der Waals surface area contributed by atoms with Crippen LogP contribution in [0.2, 0.25) is 0 Å². The Kier molecular flexibility index (Phi) is 2.17. The van der Waals surface area contributed by atoms with E-state index in [-0.39, 0.29) is 5.69 Å². The van der Waals surface area contributed by atoms with Crippen LogP contribution < -0.4 is 5.69 Å². The van der Waals surface area contributed by atoms with Gasteiger partial charge in [0.25, 0.3) is 0 Å². The van der Waals surface area contributed by atoms with E-state index in [2.05, 4.69) is 11.1 Å². The first kappa shape index (κ1) is 9.46. The zero-order valence-electron chi connectivity index (χ0n) is 9.07. The smallest absolute Gasteiger partial charge is 0.312 e. The summed E-state index contributed by atoms with van der Waals surface area (Å²) < 4.78 is 1.70. The monoisotopic (exact) mass is 214 g/mol. The number of nitrogens with one attached hydrogen (secondary N) is 1. The minimum Gasteiger partial charge on any atom is -0.312 e. The topological polar surface area (TPSA) is 37.8 Å². The summed E-state index contributed by atoms with van der Waals surface area (Å²) in [5.74, 6) is 0. The SMILES string of the molecule is O=c1[nH]ccn1-c1cccc2c1CCCC2. The van der Waals surface area contributed by atoms with Gasteiger partial charge in [0.15, 0.2) is 0 Å². The molecule has 0 spiro atoms. The number of fused-ring (bicyclic) bond motifs is 1. The zero-order chi connectivity index (χ0) is 11.0. The van der Waals surface area contributed by atoms with Gasteiger partial charge >= 0.3 is 5.69 Å². The van der Waals surface area contributed by atoms with Crippen LogP contribution in [0.4, 0.5) is 0 Å². The van der Waals surface area contributed by atoms with Gasteiger partial charge in [-0.1, -0.05) is 12.1 Å². The molecule has 0 amide bonds. The van der Waals surface area contributed by atoms with E-state index < -0.39 is 0 Å². The highest BCUT2D eigenvalue weighted by molar-refractivity contribution is 5.47. The number of aromatic nitrogens is 2. The summed E-state index contributed by atoms with van der Waals surface area (Å²) in [5, 5.41) is 0. The third-order valence-electron chi connectivity index (χ3n) is 3.28. The van der Waals surface area contributed by atoms with Gasteiger partial charge in [0.1, 0.15) is 0 Å². The van der Waals surface area contributed by atoms with Crippen LogP contribution in [0.5, 0.6) is 0 Å². The highest BCUT2D eigenvalue weighted by atomic mass is 16.1. The Hall–Kier alpha value is -1.77. The Bertz CT molecular complexity index is 565. The molecular formula is C13H14N2O. The lowest BCUT2D eigenvalue weighted by Gasteiger charge is -2.19. The van der Waals surface area contributed by atoms with E-state index in [1.807, 2.05) is 12.1 Å². The molecule has 1 aliphatic rings. The Balaban J connectivity index is 2.21. The molecule has 0 saturated heterocycles. The molecule has 1 N–H and O–H groups in total. The van der Waals surface area contributed by atoms with Crippen LogP contribution in [0, 0.1) is 0 Å². The molecule has 0 saturated carbocycles. The molecule has 1 aromatic carbocycles. The average Bonchev–Trinajstić information content (AvgIpc) is 2.75. The summed E-state index contributed by atoms with van der Waals surface area (Å²) in [5.41, 5.74) is 3.73. The quantitative estimate of drug-likeness (QED) is 0.775. The Morgan fingerprint density at radius 3 is 2.88 bits per heavy atom. The van der Waals surface area contributed by atoms with Crippen LogP contribution in [0.3, 0.4) is 0 Å². The number of benzene rings is 1. The molecule has 82 valence electrons. The van der Waals surface area contributed by atoms with Crippen molar-refractivity contribution in [2.45, 2.75) is 25.7 Å². The fourth-order valence-corrected chi connectivity index (χ4v) is 2.50. The minimum absolute atomic E-state index is 0.0565. The maximum atomic E-state index is 11.6. The molecule has 0 atom stereocenters. The molecule has 0 bridgehead atoms. The lowest BCUT2D eigenvalue weighted by molar-refractivity contribution is 0.680. The van der Waals surface area contributed by atoms with E-state index in [0.717, 1.165) is 18.5 Å². The molecule has 1 aliphatic carbocycles. The fourth-order valence-electron chi connectivity index (χ4n) is 2.50. The molecule has 0 aliphatic heterocycles. The van der Waals surface area contributed by atoms with Gasteiger partial charge in [-0.05, 0) is 42.9 Å². The predicted molar refractivity (Wildman–Crippen MR) is 63.0 cm³/mol. The fraction of sp³-hybridized carbons (Fsp3) is 0.308. The summed E-state index contributed by atoms with van der Waals surface area (Å²) in [4.78, 5) is 14.3. The molecule has 3 nitrogen and oxygen atoms in total. The minimum atomic E-state index is -0.0565. The maximum absolute atomic E-state index is 11.6. The number of aromatic amines is 1. The van der Waals surface area contributed by atoms with Crippen LogP contribution >= 0.6 is 0 Å². The maximum Gasteiger partial charge on any atom is 0.330 e. The highest BCUT2D eigenvalue weighted by Crippen LogP contribution is 2.25. The average molecular weight is 214 g/mol. The molecule has 0 unspecified atom stereocenters. The van der Waals surface area contributed by atoms with Crippen molar-refractivity contribution < 1.29 is 0 Å². The molecular weight excluding hydrogens is 200 g/mol. The second-order valence-electron chi connectivity index (χ2n) is 4.26. The van der Waals surface area contributed by atoms with Crippen LogP contribution in [0.25, 0.3) is 5.69 Å². The third kappa shape index (κ3) is 1.40. The third-order valence-corrected chi connectivity index (χ3v) is 3.28. The number of nitrogens with zero attached hydrogens (tertiary/aromatic N) is 1. The lowest BCUT2D eigenvalue weighted by atomic mass is 9.90. The van der Waals surface area contributed by atoms with Crippen LogP contribution in [0.1, 0.15) is 24.0 Å². The molecule has 0 fully saturated rings. The van der Waals surface area contributed by atoms with E-state index in [1.165, 1.54) is 24.0 Å². The number of imidazole rings is 1. The first-order chi connectivity index (χ1) is 7.86. The molecule has 0 radical (unpaired) electrons. The van der Waals surface area contributed by atoms with Crippen molar-refractivity contribution in [2.24, 2.45) is 0 Å². The van der Waals surface area contributed by atoms with E-state index >= 15 is 0 Å². The van der Waals surface area contributed by atoms with Crippen molar-refractivity contribution in [1.29, 1.82) is 0 Å². The van der Waals surface area contributed by atoms with E-state index in [0.29, 0.717) is 0 Å². The van der Waals surface area contributed by atoms with Gasteiger partial charge in [-0.3, -0.25) is 4.57 Å². The summed E-state index contributed by atoms with van der Waals surface area (Å²) in [6, 6.07) is 6.24. The second-order valence-corrected chi connectivity index (χ2v) is 4.26. The summed E-state index contributed by atoms with van der Waals surface area (Å²) in [6.45, 7) is 0. The van der Waals surface area contributed by atoms with E-state index in [9.17, 15) is 4.79 Å². The summed E-state index contributed by atoms with van der Waals surface area (Å²) >= 11 is 0. The van der Waals surface area contributed by atoms with Crippen molar-refractivity contribution in [2.75, 3.05) is 0 Å². The Labute approximate surface area is 93.7 Å². The number of hydrogen-bond donors (Lipinski definition) is 1. The predicted octanol–water partition coefficient (Wildman–Crippen LogP) is 2.04. The van der Waals surface area contributed by atoms with Gasteiger partial charge in [-0.25, -0.2) is 4.79 Å². The summed E-state index contributed by atoms with van der Waals surface area (Å²) in [6.07, 6.45) is 8.20. The zero-order valence-corrected chi connectivity index (χ0v) is 9.07. The molecule has 1 aromatic heterocycles. The molecule has 3 rings (SSSR count). The first-order valence-electron chi connectivity index (χ1n) is 5.73. The number of H-pyrrole nitrogens is 1. The highest BCUT2D eigenvalue weighted by Gasteiger charge is 2.14. The molecule has 1 heterocycles. The van der Waals surface area contributed by atoms with Crippen LogP contribution in [-0.4, -0.2) is 9.55 Å². The molecule has 3 heteroatoms. The normalized spacial score (nSPS) is 14.8. The van der Waals surface area contributed by atoms with Crippen LogP contribution in [0.15, 0.2) is 35.4 Å². The van der Waals surface area contributed by atoms with Gasteiger partial charge in [0.2, 0.25) is 0 Å². The van der Waals surface area contributed by atoms with Crippen LogP contribution in [-0.2, 0) is 12.8 Å². The number of hydrogen-bond acceptors (Lipinski definition) is 1. The lowest BCUT2D eigenvalue weighted by Crippen LogP contribution is -2.17. The number of aryl methyl sites for hydroxylation is 1. The van der Waals surface area contributed by atoms with Crippen molar-refractivity contribution in [3.63, 3.8) is 0 Å². The van der Waals surface area contributed by atoms with Gasteiger partial charge < -0.3 is 4.98 Å². The summed E-state index contributed by atoms with van der Waals surface area (Å²) in [7, 11) is 0. The van der Waals surface area contributed by atoms with E-state index in [4.69, 9.17) is 0 Å². The van der Waals surface area contributed by atoms with Crippen molar-refractivity contribution in [3.05, 3.63) is 52.2 Å². The van der Waals surface area contributed by atoms with E-state index in [1.54, 1.807) is 17.0 Å².